The average molecular weight is 255 g/mol. The third-order valence-corrected chi connectivity index (χ3v) is 2.69. The molecule has 0 atom stereocenters. The lowest BCUT2D eigenvalue weighted by atomic mass is 10.1. The van der Waals surface area contributed by atoms with Crippen molar-refractivity contribution in [3.63, 3.8) is 0 Å². The van der Waals surface area contributed by atoms with E-state index < -0.39 is 0 Å². The highest BCUT2D eigenvalue weighted by Crippen LogP contribution is 2.27. The van der Waals surface area contributed by atoms with Gasteiger partial charge in [0.05, 0.1) is 21.9 Å². The Morgan fingerprint density at radius 3 is 2.86 bits per heavy atom. The van der Waals surface area contributed by atoms with Crippen LogP contribution in [0, 0.1) is 12.7 Å². The number of aromatic nitrogens is 1. The maximum absolute atomic E-state index is 13.4. The minimum atomic E-state index is -0.269. The quantitative estimate of drug-likeness (QED) is 0.785. The van der Waals surface area contributed by atoms with E-state index in [0.717, 1.165) is 5.39 Å². The van der Waals surface area contributed by atoms with E-state index in [0.29, 0.717) is 21.2 Å². The molecule has 0 saturated heterocycles. The summed E-state index contributed by atoms with van der Waals surface area (Å²) in [6.07, 6.45) is 1.53. The standard InChI is InChI=1S/C10H8BrFN2/c1-5-9(12)8(11)3-6-2-7(13)4-14-10(5)6/h2-4H,13H2,1H3. The first-order chi connectivity index (χ1) is 6.59. The molecule has 0 radical (unpaired) electrons. The lowest BCUT2D eigenvalue weighted by Gasteiger charge is -2.05. The van der Waals surface area contributed by atoms with Crippen molar-refractivity contribution >= 4 is 32.5 Å². The summed E-state index contributed by atoms with van der Waals surface area (Å²) in [4.78, 5) is 4.10. The van der Waals surface area contributed by atoms with Crippen LogP contribution in [-0.2, 0) is 0 Å². The van der Waals surface area contributed by atoms with E-state index in [1.807, 2.05) is 0 Å². The van der Waals surface area contributed by atoms with Gasteiger partial charge < -0.3 is 5.73 Å². The molecule has 0 aliphatic rings. The number of halogens is 2. The summed E-state index contributed by atoms with van der Waals surface area (Å²) >= 11 is 3.15. The van der Waals surface area contributed by atoms with Crippen LogP contribution in [0.4, 0.5) is 10.1 Å². The monoisotopic (exact) mass is 254 g/mol. The largest absolute Gasteiger partial charge is 0.397 e. The number of pyridine rings is 1. The molecule has 72 valence electrons. The van der Waals surface area contributed by atoms with Crippen LogP contribution in [0.15, 0.2) is 22.8 Å². The molecule has 2 N–H and O–H groups in total. The molecule has 0 aliphatic carbocycles. The van der Waals surface area contributed by atoms with Gasteiger partial charge in [0.15, 0.2) is 0 Å². The Hall–Kier alpha value is -1.16. The zero-order chi connectivity index (χ0) is 10.3. The highest BCUT2D eigenvalue weighted by molar-refractivity contribution is 9.10. The van der Waals surface area contributed by atoms with Crippen molar-refractivity contribution in [2.45, 2.75) is 6.92 Å². The second-order valence-electron chi connectivity index (χ2n) is 3.14. The Morgan fingerprint density at radius 1 is 1.43 bits per heavy atom. The summed E-state index contributed by atoms with van der Waals surface area (Å²) in [6.45, 7) is 1.70. The van der Waals surface area contributed by atoms with Crippen molar-refractivity contribution in [2.75, 3.05) is 5.73 Å². The number of rotatable bonds is 0. The molecule has 0 saturated carbocycles. The fraction of sp³-hybridized carbons (Fsp3) is 0.100. The number of nitrogen functional groups attached to an aromatic ring is 1. The van der Waals surface area contributed by atoms with Crippen molar-refractivity contribution in [3.05, 3.63) is 34.2 Å². The molecule has 0 spiro atoms. The molecule has 2 nitrogen and oxygen atoms in total. The summed E-state index contributed by atoms with van der Waals surface area (Å²) in [7, 11) is 0. The highest BCUT2D eigenvalue weighted by atomic mass is 79.9. The molecule has 4 heteroatoms. The molecule has 0 bridgehead atoms. The normalized spacial score (nSPS) is 10.8. The van der Waals surface area contributed by atoms with Gasteiger partial charge in [-0.2, -0.15) is 0 Å². The van der Waals surface area contributed by atoms with Crippen LogP contribution in [0.25, 0.3) is 10.9 Å². The van der Waals surface area contributed by atoms with Crippen molar-refractivity contribution in [1.82, 2.24) is 4.98 Å². The molecule has 0 unspecified atom stereocenters. The maximum atomic E-state index is 13.4. The summed E-state index contributed by atoms with van der Waals surface area (Å²) in [5, 5.41) is 0.843. The molecule has 0 aliphatic heterocycles. The average Bonchev–Trinajstić information content (AvgIpc) is 2.14. The van der Waals surface area contributed by atoms with Crippen molar-refractivity contribution in [2.24, 2.45) is 0 Å². The molecular formula is C10H8BrFN2. The van der Waals surface area contributed by atoms with E-state index in [4.69, 9.17) is 5.73 Å². The summed E-state index contributed by atoms with van der Waals surface area (Å²) in [6, 6.07) is 3.46. The van der Waals surface area contributed by atoms with Gasteiger partial charge in [-0.05, 0) is 35.0 Å². The van der Waals surface area contributed by atoms with Crippen LogP contribution in [0.2, 0.25) is 0 Å². The zero-order valence-corrected chi connectivity index (χ0v) is 9.10. The number of anilines is 1. The Kier molecular flexibility index (Phi) is 2.15. The van der Waals surface area contributed by atoms with E-state index in [1.165, 1.54) is 6.20 Å². The topological polar surface area (TPSA) is 38.9 Å². The highest BCUT2D eigenvalue weighted by Gasteiger charge is 2.08. The molecule has 0 fully saturated rings. The smallest absolute Gasteiger partial charge is 0.142 e. The summed E-state index contributed by atoms with van der Waals surface area (Å²) in [5.74, 6) is -0.269. The third-order valence-electron chi connectivity index (χ3n) is 2.11. The number of fused-ring (bicyclic) bond motifs is 1. The van der Waals surface area contributed by atoms with Crippen LogP contribution < -0.4 is 5.73 Å². The first-order valence-corrected chi connectivity index (χ1v) is 4.88. The number of benzene rings is 1. The number of nitrogens with two attached hydrogens (primary N) is 1. The lowest BCUT2D eigenvalue weighted by molar-refractivity contribution is 0.614. The van der Waals surface area contributed by atoms with Gasteiger partial charge in [-0.1, -0.05) is 0 Å². The SMILES string of the molecule is Cc1c(F)c(Br)cc2cc(N)cnc12. The first kappa shape index (κ1) is 9.40. The van der Waals surface area contributed by atoms with Gasteiger partial charge >= 0.3 is 0 Å². The van der Waals surface area contributed by atoms with Crippen molar-refractivity contribution in [1.29, 1.82) is 0 Å². The Morgan fingerprint density at radius 2 is 2.14 bits per heavy atom. The second-order valence-corrected chi connectivity index (χ2v) is 3.99. The fourth-order valence-electron chi connectivity index (χ4n) is 1.41. The number of nitrogens with zero attached hydrogens (tertiary/aromatic N) is 1. The van der Waals surface area contributed by atoms with Gasteiger partial charge in [-0.15, -0.1) is 0 Å². The Labute approximate surface area is 89.1 Å². The van der Waals surface area contributed by atoms with Gasteiger partial charge in [-0.25, -0.2) is 4.39 Å². The van der Waals surface area contributed by atoms with Crippen LogP contribution in [0.3, 0.4) is 0 Å². The molecule has 1 heterocycles. The van der Waals surface area contributed by atoms with Crippen molar-refractivity contribution in [3.8, 4) is 0 Å². The van der Waals surface area contributed by atoms with Gasteiger partial charge in [-0.3, -0.25) is 4.98 Å². The molecule has 2 rings (SSSR count). The zero-order valence-electron chi connectivity index (χ0n) is 7.51. The lowest BCUT2D eigenvalue weighted by Crippen LogP contribution is -1.92. The van der Waals surface area contributed by atoms with E-state index >= 15 is 0 Å². The molecular weight excluding hydrogens is 247 g/mol. The van der Waals surface area contributed by atoms with E-state index in [9.17, 15) is 4.39 Å². The van der Waals surface area contributed by atoms with Gasteiger partial charge in [0.2, 0.25) is 0 Å². The fourth-order valence-corrected chi connectivity index (χ4v) is 1.95. The van der Waals surface area contributed by atoms with Crippen LogP contribution in [-0.4, -0.2) is 4.98 Å². The minimum Gasteiger partial charge on any atom is -0.397 e. The van der Waals surface area contributed by atoms with Gasteiger partial charge in [0.1, 0.15) is 5.82 Å². The maximum Gasteiger partial charge on any atom is 0.142 e. The predicted molar refractivity (Wildman–Crippen MR) is 58.6 cm³/mol. The Balaban J connectivity index is 2.91. The van der Waals surface area contributed by atoms with Crippen molar-refractivity contribution < 1.29 is 4.39 Å². The van der Waals surface area contributed by atoms with E-state index in [2.05, 4.69) is 20.9 Å². The molecule has 1 aromatic carbocycles. The number of hydrogen-bond acceptors (Lipinski definition) is 2. The second kappa shape index (κ2) is 3.20. The van der Waals surface area contributed by atoms with Crippen LogP contribution in [0.5, 0.6) is 0 Å². The Bertz CT molecular complexity index is 511. The van der Waals surface area contributed by atoms with E-state index in [-0.39, 0.29) is 5.82 Å². The van der Waals surface area contributed by atoms with E-state index in [1.54, 1.807) is 19.1 Å². The summed E-state index contributed by atoms with van der Waals surface area (Å²) in [5.41, 5.74) is 7.36. The van der Waals surface area contributed by atoms with Gasteiger partial charge in [0.25, 0.3) is 0 Å². The van der Waals surface area contributed by atoms with Crippen LogP contribution in [0.1, 0.15) is 5.56 Å². The van der Waals surface area contributed by atoms with Gasteiger partial charge in [0, 0.05) is 10.9 Å². The molecule has 0 amide bonds. The molecule has 14 heavy (non-hydrogen) atoms. The number of aryl methyl sites for hydroxylation is 1. The minimum absolute atomic E-state index is 0.269. The first-order valence-electron chi connectivity index (χ1n) is 4.09. The predicted octanol–water partition coefficient (Wildman–Crippen LogP) is 3.03. The third kappa shape index (κ3) is 1.35. The number of hydrogen-bond donors (Lipinski definition) is 1. The summed E-state index contributed by atoms with van der Waals surface area (Å²) < 4.78 is 13.9. The van der Waals surface area contributed by atoms with Crippen LogP contribution >= 0.6 is 15.9 Å². The molecule has 2 aromatic rings. The molecule has 1 aromatic heterocycles.